The second-order valence-electron chi connectivity index (χ2n) is 7.68. The molecule has 2 heterocycles. The fourth-order valence-corrected chi connectivity index (χ4v) is 4.38. The standard InChI is InChI=1S/C24H29N3O2/c1-3-23-25-20-9-6-7-11-22(20)27(23)17-24(28)26-16-8-4-5-10-21(26)18-12-14-19(29-2)15-13-18/h6-7,9,11-15,21H,3-5,8,10,16-17H2,1-2H3/t21-/m0/s1. The number of methoxy groups -OCH3 is 1. The van der Waals surface area contributed by atoms with Crippen LogP contribution in [-0.4, -0.2) is 34.0 Å². The van der Waals surface area contributed by atoms with E-state index in [1.165, 1.54) is 12.0 Å². The summed E-state index contributed by atoms with van der Waals surface area (Å²) in [5.41, 5.74) is 3.18. The van der Waals surface area contributed by atoms with Gasteiger partial charge in [-0.25, -0.2) is 4.98 Å². The van der Waals surface area contributed by atoms with E-state index in [1.807, 2.05) is 30.3 Å². The van der Waals surface area contributed by atoms with Gasteiger partial charge >= 0.3 is 0 Å². The first-order valence-corrected chi connectivity index (χ1v) is 10.6. The van der Waals surface area contributed by atoms with E-state index in [4.69, 9.17) is 9.72 Å². The van der Waals surface area contributed by atoms with E-state index in [0.717, 1.165) is 54.8 Å². The molecule has 152 valence electrons. The quantitative estimate of drug-likeness (QED) is 0.630. The predicted molar refractivity (Wildman–Crippen MR) is 115 cm³/mol. The van der Waals surface area contributed by atoms with Gasteiger partial charge in [0.25, 0.3) is 0 Å². The summed E-state index contributed by atoms with van der Waals surface area (Å²) >= 11 is 0. The average Bonchev–Trinajstić information content (AvgIpc) is 2.94. The molecule has 0 unspecified atom stereocenters. The van der Waals surface area contributed by atoms with Gasteiger partial charge in [-0.1, -0.05) is 44.0 Å². The number of amides is 1. The van der Waals surface area contributed by atoms with Gasteiger partial charge in [0.1, 0.15) is 18.1 Å². The van der Waals surface area contributed by atoms with Crippen molar-refractivity contribution in [3.05, 3.63) is 59.9 Å². The Labute approximate surface area is 172 Å². The first-order valence-electron chi connectivity index (χ1n) is 10.6. The van der Waals surface area contributed by atoms with E-state index >= 15 is 0 Å². The molecule has 0 bridgehead atoms. The third-order valence-corrected chi connectivity index (χ3v) is 5.92. The molecule has 1 aliphatic rings. The minimum absolute atomic E-state index is 0.121. The number of imidazole rings is 1. The molecule has 0 aliphatic carbocycles. The summed E-state index contributed by atoms with van der Waals surface area (Å²) in [7, 11) is 1.68. The van der Waals surface area contributed by atoms with Crippen LogP contribution in [0.2, 0.25) is 0 Å². The zero-order valence-corrected chi connectivity index (χ0v) is 17.3. The summed E-state index contributed by atoms with van der Waals surface area (Å²) in [6.07, 6.45) is 5.19. The molecule has 0 radical (unpaired) electrons. The van der Waals surface area contributed by atoms with Crippen molar-refractivity contribution < 1.29 is 9.53 Å². The summed E-state index contributed by atoms with van der Waals surface area (Å²) in [6, 6.07) is 16.4. The lowest BCUT2D eigenvalue weighted by atomic mass is 10.0. The van der Waals surface area contributed by atoms with Gasteiger partial charge in [-0.2, -0.15) is 0 Å². The molecule has 2 aromatic carbocycles. The Morgan fingerprint density at radius 2 is 1.90 bits per heavy atom. The number of hydrogen-bond acceptors (Lipinski definition) is 3. The third kappa shape index (κ3) is 4.00. The first-order chi connectivity index (χ1) is 14.2. The monoisotopic (exact) mass is 391 g/mol. The number of aryl methyl sites for hydroxylation is 1. The Balaban J connectivity index is 1.63. The second kappa shape index (κ2) is 8.68. The Hall–Kier alpha value is -2.82. The highest BCUT2D eigenvalue weighted by Gasteiger charge is 2.27. The predicted octanol–water partition coefficient (Wildman–Crippen LogP) is 4.75. The van der Waals surface area contributed by atoms with Gasteiger partial charge in [0.2, 0.25) is 5.91 Å². The molecular weight excluding hydrogens is 362 g/mol. The number of ether oxygens (including phenoxy) is 1. The van der Waals surface area contributed by atoms with Crippen molar-refractivity contribution in [2.45, 2.75) is 51.6 Å². The first kappa shape index (κ1) is 19.5. The number of nitrogens with zero attached hydrogens (tertiary/aromatic N) is 3. The Morgan fingerprint density at radius 1 is 1.10 bits per heavy atom. The van der Waals surface area contributed by atoms with Gasteiger partial charge in [-0.05, 0) is 42.7 Å². The number of hydrogen-bond donors (Lipinski definition) is 0. The number of aromatic nitrogens is 2. The molecule has 3 aromatic rings. The van der Waals surface area contributed by atoms with Crippen molar-refractivity contribution in [2.24, 2.45) is 0 Å². The van der Waals surface area contributed by atoms with Gasteiger partial charge in [-0.15, -0.1) is 0 Å². The molecule has 1 aromatic heterocycles. The van der Waals surface area contributed by atoms with E-state index in [-0.39, 0.29) is 11.9 Å². The molecule has 0 spiro atoms. The normalized spacial score (nSPS) is 17.3. The zero-order chi connectivity index (χ0) is 20.2. The van der Waals surface area contributed by atoms with Crippen LogP contribution in [0.3, 0.4) is 0 Å². The number of likely N-dealkylation sites (tertiary alicyclic amines) is 1. The van der Waals surface area contributed by atoms with E-state index < -0.39 is 0 Å². The van der Waals surface area contributed by atoms with E-state index in [1.54, 1.807) is 7.11 Å². The maximum Gasteiger partial charge on any atom is 0.243 e. The second-order valence-corrected chi connectivity index (χ2v) is 7.68. The number of benzene rings is 2. The topological polar surface area (TPSA) is 47.4 Å². The molecule has 5 heteroatoms. The average molecular weight is 392 g/mol. The molecule has 29 heavy (non-hydrogen) atoms. The van der Waals surface area contributed by atoms with Crippen molar-refractivity contribution in [3.8, 4) is 5.75 Å². The lowest BCUT2D eigenvalue weighted by Crippen LogP contribution is -2.37. The molecule has 1 atom stereocenters. The highest BCUT2D eigenvalue weighted by Crippen LogP contribution is 2.31. The van der Waals surface area contributed by atoms with Crippen LogP contribution in [0, 0.1) is 0 Å². The van der Waals surface area contributed by atoms with Crippen LogP contribution in [0.5, 0.6) is 5.75 Å². The largest absolute Gasteiger partial charge is 0.497 e. The molecule has 5 nitrogen and oxygen atoms in total. The molecule has 1 fully saturated rings. The highest BCUT2D eigenvalue weighted by atomic mass is 16.5. The van der Waals surface area contributed by atoms with Gasteiger partial charge in [0.15, 0.2) is 0 Å². The van der Waals surface area contributed by atoms with Crippen LogP contribution in [0.1, 0.15) is 50.0 Å². The lowest BCUT2D eigenvalue weighted by Gasteiger charge is -2.31. The molecule has 1 aliphatic heterocycles. The maximum atomic E-state index is 13.5. The molecule has 4 rings (SSSR count). The third-order valence-electron chi connectivity index (χ3n) is 5.92. The van der Waals surface area contributed by atoms with Crippen molar-refractivity contribution in [1.29, 1.82) is 0 Å². The van der Waals surface area contributed by atoms with Gasteiger partial charge < -0.3 is 14.2 Å². The minimum atomic E-state index is 0.121. The van der Waals surface area contributed by atoms with Crippen LogP contribution in [0.4, 0.5) is 0 Å². The van der Waals surface area contributed by atoms with E-state index in [0.29, 0.717) is 6.54 Å². The van der Waals surface area contributed by atoms with Crippen molar-refractivity contribution in [2.75, 3.05) is 13.7 Å². The van der Waals surface area contributed by atoms with Crippen LogP contribution in [0.15, 0.2) is 48.5 Å². The summed E-state index contributed by atoms with van der Waals surface area (Å²) in [5.74, 6) is 1.98. The number of rotatable bonds is 5. The molecule has 1 saturated heterocycles. The van der Waals surface area contributed by atoms with E-state index in [2.05, 4.69) is 34.6 Å². The Kier molecular flexibility index (Phi) is 5.84. The van der Waals surface area contributed by atoms with Gasteiger partial charge in [-0.3, -0.25) is 4.79 Å². The maximum absolute atomic E-state index is 13.5. The van der Waals surface area contributed by atoms with Crippen LogP contribution < -0.4 is 4.74 Å². The number of carbonyl (C=O) groups excluding carboxylic acids is 1. The number of para-hydroxylation sites is 2. The summed E-state index contributed by atoms with van der Waals surface area (Å²) < 4.78 is 7.39. The number of carbonyl (C=O) groups is 1. The van der Waals surface area contributed by atoms with Gasteiger partial charge in [0.05, 0.1) is 24.2 Å². The van der Waals surface area contributed by atoms with Crippen molar-refractivity contribution >= 4 is 16.9 Å². The molecule has 1 amide bonds. The van der Waals surface area contributed by atoms with Crippen molar-refractivity contribution in [3.63, 3.8) is 0 Å². The smallest absolute Gasteiger partial charge is 0.243 e. The number of fused-ring (bicyclic) bond motifs is 1. The molecule has 0 saturated carbocycles. The summed E-state index contributed by atoms with van der Waals surface area (Å²) in [4.78, 5) is 20.3. The fraction of sp³-hybridized carbons (Fsp3) is 0.417. The SMILES string of the molecule is CCc1nc2ccccc2n1CC(=O)N1CCCCC[C@H]1c1ccc(OC)cc1. The van der Waals surface area contributed by atoms with Crippen LogP contribution in [-0.2, 0) is 17.8 Å². The van der Waals surface area contributed by atoms with Crippen LogP contribution in [0.25, 0.3) is 11.0 Å². The van der Waals surface area contributed by atoms with E-state index in [9.17, 15) is 4.79 Å². The van der Waals surface area contributed by atoms with Gasteiger partial charge in [0, 0.05) is 13.0 Å². The Bertz CT molecular complexity index is 977. The highest BCUT2D eigenvalue weighted by molar-refractivity contribution is 5.81. The zero-order valence-electron chi connectivity index (χ0n) is 17.3. The van der Waals surface area contributed by atoms with Crippen molar-refractivity contribution in [1.82, 2.24) is 14.5 Å². The minimum Gasteiger partial charge on any atom is -0.497 e. The summed E-state index contributed by atoms with van der Waals surface area (Å²) in [5, 5.41) is 0. The summed E-state index contributed by atoms with van der Waals surface area (Å²) in [6.45, 7) is 3.24. The molecule has 0 N–H and O–H groups in total. The van der Waals surface area contributed by atoms with Crippen LogP contribution >= 0.6 is 0 Å². The lowest BCUT2D eigenvalue weighted by molar-refractivity contribution is -0.134. The molecular formula is C24H29N3O2. The Morgan fingerprint density at radius 3 is 2.66 bits per heavy atom. The fourth-order valence-electron chi connectivity index (χ4n) is 4.38.